The van der Waals surface area contributed by atoms with Gasteiger partial charge in [-0.15, -0.1) is 0 Å². The van der Waals surface area contributed by atoms with Gasteiger partial charge < -0.3 is 10.4 Å². The topological polar surface area (TPSA) is 49.3 Å². The average molecular weight is 221 g/mol. The van der Waals surface area contributed by atoms with E-state index in [9.17, 15) is 9.90 Å². The molecular formula is C13H19NO2. The first-order valence-corrected chi connectivity index (χ1v) is 5.37. The standard InChI is InChI=1S/C13H19NO2/c1-9-5-6-10(7-11(9)15)14-12(16)8-13(2,3)4/h5-7,15H,8H2,1-4H3,(H,14,16). The molecule has 1 aromatic carbocycles. The monoisotopic (exact) mass is 221 g/mol. The summed E-state index contributed by atoms with van der Waals surface area (Å²) in [7, 11) is 0. The highest BCUT2D eigenvalue weighted by Crippen LogP contribution is 2.23. The Bertz CT molecular complexity index is 391. The van der Waals surface area contributed by atoms with Crippen LogP contribution in [0.2, 0.25) is 0 Å². The van der Waals surface area contributed by atoms with Crippen LogP contribution in [-0.2, 0) is 4.79 Å². The van der Waals surface area contributed by atoms with E-state index in [2.05, 4.69) is 5.32 Å². The molecule has 0 saturated heterocycles. The predicted molar refractivity (Wildman–Crippen MR) is 65.5 cm³/mol. The van der Waals surface area contributed by atoms with Gasteiger partial charge in [0, 0.05) is 18.2 Å². The van der Waals surface area contributed by atoms with Crippen LogP contribution < -0.4 is 5.32 Å². The second kappa shape index (κ2) is 4.56. The highest BCUT2D eigenvalue weighted by molar-refractivity contribution is 5.91. The molecule has 1 amide bonds. The number of hydrogen-bond donors (Lipinski definition) is 2. The van der Waals surface area contributed by atoms with Crippen molar-refractivity contribution in [1.29, 1.82) is 0 Å². The Morgan fingerprint density at radius 1 is 1.38 bits per heavy atom. The summed E-state index contributed by atoms with van der Waals surface area (Å²) in [4.78, 5) is 11.6. The third-order valence-corrected chi connectivity index (χ3v) is 2.18. The van der Waals surface area contributed by atoms with E-state index in [0.29, 0.717) is 12.1 Å². The maximum Gasteiger partial charge on any atom is 0.224 e. The van der Waals surface area contributed by atoms with E-state index in [0.717, 1.165) is 5.56 Å². The Balaban J connectivity index is 2.67. The van der Waals surface area contributed by atoms with Crippen LogP contribution in [0.4, 0.5) is 5.69 Å². The highest BCUT2D eigenvalue weighted by Gasteiger charge is 2.15. The van der Waals surface area contributed by atoms with Crippen molar-refractivity contribution < 1.29 is 9.90 Å². The van der Waals surface area contributed by atoms with Gasteiger partial charge in [-0.3, -0.25) is 4.79 Å². The molecule has 0 bridgehead atoms. The zero-order valence-electron chi connectivity index (χ0n) is 10.3. The Labute approximate surface area is 96.5 Å². The molecular weight excluding hydrogens is 202 g/mol. The van der Waals surface area contributed by atoms with Gasteiger partial charge in [0.1, 0.15) is 5.75 Å². The molecule has 88 valence electrons. The molecule has 0 aliphatic carbocycles. The Hall–Kier alpha value is -1.51. The predicted octanol–water partition coefficient (Wildman–Crippen LogP) is 3.08. The largest absolute Gasteiger partial charge is 0.508 e. The summed E-state index contributed by atoms with van der Waals surface area (Å²) in [5.74, 6) is 0.171. The van der Waals surface area contributed by atoms with Gasteiger partial charge in [-0.25, -0.2) is 0 Å². The van der Waals surface area contributed by atoms with Gasteiger partial charge >= 0.3 is 0 Å². The number of rotatable bonds is 2. The van der Waals surface area contributed by atoms with E-state index < -0.39 is 0 Å². The third kappa shape index (κ3) is 3.93. The summed E-state index contributed by atoms with van der Waals surface area (Å²) in [5, 5.41) is 12.3. The number of carbonyl (C=O) groups excluding carboxylic acids is 1. The number of phenolic OH excluding ortho intramolecular Hbond substituents is 1. The molecule has 0 saturated carbocycles. The number of anilines is 1. The molecule has 0 atom stereocenters. The Morgan fingerprint density at radius 3 is 2.50 bits per heavy atom. The molecule has 0 fully saturated rings. The van der Waals surface area contributed by atoms with Crippen LogP contribution in [0.25, 0.3) is 0 Å². The van der Waals surface area contributed by atoms with Gasteiger partial charge in [0.25, 0.3) is 0 Å². The number of aryl methyl sites for hydroxylation is 1. The molecule has 0 heterocycles. The number of amides is 1. The highest BCUT2D eigenvalue weighted by atomic mass is 16.3. The number of hydrogen-bond acceptors (Lipinski definition) is 2. The van der Waals surface area contributed by atoms with Crippen molar-refractivity contribution in [2.45, 2.75) is 34.1 Å². The average Bonchev–Trinajstić information content (AvgIpc) is 2.08. The summed E-state index contributed by atoms with van der Waals surface area (Å²) in [6, 6.07) is 5.13. The fourth-order valence-electron chi connectivity index (χ4n) is 1.37. The molecule has 3 nitrogen and oxygen atoms in total. The Morgan fingerprint density at radius 2 is 2.00 bits per heavy atom. The van der Waals surface area contributed by atoms with Crippen LogP contribution >= 0.6 is 0 Å². The van der Waals surface area contributed by atoms with Crippen molar-refractivity contribution in [2.75, 3.05) is 5.32 Å². The molecule has 0 aromatic heterocycles. The molecule has 0 aliphatic heterocycles. The number of carbonyl (C=O) groups is 1. The van der Waals surface area contributed by atoms with Gasteiger partial charge in [0.2, 0.25) is 5.91 Å². The van der Waals surface area contributed by atoms with Gasteiger partial charge in [0.15, 0.2) is 0 Å². The number of aromatic hydroxyl groups is 1. The minimum Gasteiger partial charge on any atom is -0.508 e. The normalized spacial score (nSPS) is 11.2. The lowest BCUT2D eigenvalue weighted by Gasteiger charge is -2.17. The van der Waals surface area contributed by atoms with E-state index in [1.54, 1.807) is 18.2 Å². The van der Waals surface area contributed by atoms with Crippen molar-refractivity contribution >= 4 is 11.6 Å². The molecule has 0 radical (unpaired) electrons. The summed E-state index contributed by atoms with van der Waals surface area (Å²) < 4.78 is 0. The first-order chi connectivity index (χ1) is 7.28. The van der Waals surface area contributed by atoms with Gasteiger partial charge in [-0.2, -0.15) is 0 Å². The molecule has 1 rings (SSSR count). The maximum absolute atomic E-state index is 11.6. The van der Waals surface area contributed by atoms with E-state index in [-0.39, 0.29) is 17.1 Å². The maximum atomic E-state index is 11.6. The molecule has 1 aromatic rings. The van der Waals surface area contributed by atoms with Crippen molar-refractivity contribution in [3.63, 3.8) is 0 Å². The number of benzene rings is 1. The SMILES string of the molecule is Cc1ccc(NC(=O)CC(C)(C)C)cc1O. The zero-order chi connectivity index (χ0) is 12.3. The van der Waals surface area contributed by atoms with Gasteiger partial charge in [-0.1, -0.05) is 26.8 Å². The molecule has 2 N–H and O–H groups in total. The fraction of sp³-hybridized carbons (Fsp3) is 0.462. The number of nitrogens with one attached hydrogen (secondary N) is 1. The fourth-order valence-corrected chi connectivity index (χ4v) is 1.37. The first-order valence-electron chi connectivity index (χ1n) is 5.37. The minimum atomic E-state index is -0.0317. The molecule has 3 heteroatoms. The van der Waals surface area contributed by atoms with E-state index in [1.165, 1.54) is 0 Å². The van der Waals surface area contributed by atoms with Crippen LogP contribution in [0.1, 0.15) is 32.8 Å². The van der Waals surface area contributed by atoms with Gasteiger partial charge in [-0.05, 0) is 24.0 Å². The van der Waals surface area contributed by atoms with Crippen molar-refractivity contribution in [3.8, 4) is 5.75 Å². The summed E-state index contributed by atoms with van der Waals surface area (Å²) in [6.45, 7) is 7.85. The van der Waals surface area contributed by atoms with Crippen LogP contribution in [0.5, 0.6) is 5.75 Å². The lowest BCUT2D eigenvalue weighted by Crippen LogP contribution is -2.19. The summed E-state index contributed by atoms with van der Waals surface area (Å²) >= 11 is 0. The van der Waals surface area contributed by atoms with Crippen LogP contribution in [0, 0.1) is 12.3 Å². The second-order valence-corrected chi connectivity index (χ2v) is 5.29. The van der Waals surface area contributed by atoms with E-state index in [4.69, 9.17) is 0 Å². The molecule has 0 aliphatic rings. The minimum absolute atomic E-state index is 0.0309. The number of phenols is 1. The van der Waals surface area contributed by atoms with E-state index >= 15 is 0 Å². The lowest BCUT2D eigenvalue weighted by molar-refractivity contribution is -0.117. The van der Waals surface area contributed by atoms with Crippen LogP contribution in [-0.4, -0.2) is 11.0 Å². The summed E-state index contributed by atoms with van der Waals surface area (Å²) in [6.07, 6.45) is 0.460. The van der Waals surface area contributed by atoms with E-state index in [1.807, 2.05) is 27.7 Å². The van der Waals surface area contributed by atoms with Crippen molar-refractivity contribution in [2.24, 2.45) is 5.41 Å². The van der Waals surface area contributed by atoms with Crippen molar-refractivity contribution in [1.82, 2.24) is 0 Å². The second-order valence-electron chi connectivity index (χ2n) is 5.29. The third-order valence-electron chi connectivity index (χ3n) is 2.18. The quantitative estimate of drug-likeness (QED) is 0.806. The van der Waals surface area contributed by atoms with Crippen molar-refractivity contribution in [3.05, 3.63) is 23.8 Å². The lowest BCUT2D eigenvalue weighted by atomic mass is 9.92. The molecule has 0 unspecified atom stereocenters. The molecule has 0 spiro atoms. The zero-order valence-corrected chi connectivity index (χ0v) is 10.3. The summed E-state index contributed by atoms with van der Waals surface area (Å²) in [5.41, 5.74) is 1.41. The van der Waals surface area contributed by atoms with Crippen LogP contribution in [0.15, 0.2) is 18.2 Å². The Kier molecular flexibility index (Phi) is 3.58. The smallest absolute Gasteiger partial charge is 0.224 e. The molecule has 16 heavy (non-hydrogen) atoms. The van der Waals surface area contributed by atoms with Crippen LogP contribution in [0.3, 0.4) is 0 Å². The van der Waals surface area contributed by atoms with Gasteiger partial charge in [0.05, 0.1) is 0 Å². The first kappa shape index (κ1) is 12.6.